The van der Waals surface area contributed by atoms with E-state index in [2.05, 4.69) is 10.3 Å². The number of nitrogens with zero attached hydrogens (tertiary/aromatic N) is 1. The van der Waals surface area contributed by atoms with Crippen molar-refractivity contribution in [1.29, 1.82) is 0 Å². The topological polar surface area (TPSA) is 168 Å². The normalized spacial score (nSPS) is 12.8. The smallest absolute Gasteiger partial charge is 0.416 e. The fourth-order valence-electron chi connectivity index (χ4n) is 2.41. The number of alkyl halides is 3. The van der Waals surface area contributed by atoms with E-state index in [9.17, 15) is 32.7 Å². The number of nitrogens with two attached hydrogens (primary N) is 2. The van der Waals surface area contributed by atoms with Gasteiger partial charge < -0.3 is 27.0 Å². The van der Waals surface area contributed by atoms with Gasteiger partial charge in [0.2, 0.25) is 5.91 Å². The third-order valence-electron chi connectivity index (χ3n) is 4.07. The maximum Gasteiger partial charge on any atom is 0.416 e. The predicted octanol–water partition coefficient (Wildman–Crippen LogP) is 2.19. The standard InChI is InChI=1S/C10H10F3N3O.C10H19NO4/c1-5(17)6-2-7(10(11,12)13)4-8(3-6)16-9(14)15;1-4-8(12)11-7(5-9(13)14)10(15)6(2)3/h2-4H,1H3,(H4,14,15,16);6-7,10,15H,4-5H2,1-3H3,(H,11,12)(H,13,14). The number of rotatable bonds is 8. The van der Waals surface area contributed by atoms with Gasteiger partial charge >= 0.3 is 12.1 Å². The van der Waals surface area contributed by atoms with E-state index in [1.807, 2.05) is 0 Å². The number of carbonyl (C=O) groups is 3. The minimum atomic E-state index is -4.56. The summed E-state index contributed by atoms with van der Waals surface area (Å²) >= 11 is 0. The number of hydrogen-bond donors (Lipinski definition) is 5. The molecule has 0 spiro atoms. The second-order valence-electron chi connectivity index (χ2n) is 7.22. The van der Waals surface area contributed by atoms with E-state index in [1.165, 1.54) is 6.07 Å². The molecule has 1 aromatic carbocycles. The van der Waals surface area contributed by atoms with Crippen molar-refractivity contribution < 1.29 is 37.8 Å². The van der Waals surface area contributed by atoms with Crippen LogP contribution in [0.5, 0.6) is 0 Å². The Kier molecular flexibility index (Phi) is 11.4. The highest BCUT2D eigenvalue weighted by Gasteiger charge is 2.31. The molecule has 7 N–H and O–H groups in total. The van der Waals surface area contributed by atoms with Gasteiger partial charge in [-0.3, -0.25) is 14.4 Å². The van der Waals surface area contributed by atoms with Crippen molar-refractivity contribution in [3.05, 3.63) is 29.3 Å². The molecule has 0 fully saturated rings. The average molecular weight is 462 g/mol. The van der Waals surface area contributed by atoms with E-state index >= 15 is 0 Å². The van der Waals surface area contributed by atoms with Crippen LogP contribution in [-0.2, 0) is 15.8 Å². The van der Waals surface area contributed by atoms with Gasteiger partial charge in [0.1, 0.15) is 0 Å². The van der Waals surface area contributed by atoms with Gasteiger partial charge in [-0.05, 0) is 31.0 Å². The van der Waals surface area contributed by atoms with Crippen molar-refractivity contribution in [2.45, 2.75) is 58.9 Å². The van der Waals surface area contributed by atoms with Crippen LogP contribution >= 0.6 is 0 Å². The zero-order valence-electron chi connectivity index (χ0n) is 18.2. The fraction of sp³-hybridized carbons (Fsp3) is 0.500. The van der Waals surface area contributed by atoms with Gasteiger partial charge in [0.15, 0.2) is 11.7 Å². The van der Waals surface area contributed by atoms with Gasteiger partial charge in [0, 0.05) is 12.0 Å². The summed E-state index contributed by atoms with van der Waals surface area (Å²) in [6.45, 7) is 6.39. The molecule has 0 aliphatic carbocycles. The molecule has 1 aromatic rings. The SMILES string of the molecule is CC(=O)c1cc(N=C(N)N)cc(C(F)(F)F)c1.CCC(=O)NC(CC(=O)O)C(O)C(C)C. The molecule has 0 radical (unpaired) electrons. The van der Waals surface area contributed by atoms with Crippen molar-refractivity contribution in [2.75, 3.05) is 0 Å². The number of amides is 1. The van der Waals surface area contributed by atoms with E-state index in [0.29, 0.717) is 0 Å². The van der Waals surface area contributed by atoms with Crippen LogP contribution < -0.4 is 16.8 Å². The third kappa shape index (κ3) is 10.8. The van der Waals surface area contributed by atoms with Crippen LogP contribution in [0.25, 0.3) is 0 Å². The van der Waals surface area contributed by atoms with Crippen LogP contribution in [-0.4, -0.2) is 46.0 Å². The summed E-state index contributed by atoms with van der Waals surface area (Å²) in [5.74, 6) is -2.24. The Morgan fingerprint density at radius 1 is 1.16 bits per heavy atom. The molecular formula is C20H29F3N4O5. The monoisotopic (exact) mass is 462 g/mol. The molecule has 32 heavy (non-hydrogen) atoms. The second kappa shape index (κ2) is 12.6. The first kappa shape index (κ1) is 28.8. The lowest BCUT2D eigenvalue weighted by Gasteiger charge is -2.25. The van der Waals surface area contributed by atoms with Crippen LogP contribution in [0.1, 0.15) is 56.5 Å². The van der Waals surface area contributed by atoms with Crippen LogP contribution in [0.15, 0.2) is 23.2 Å². The molecule has 0 saturated carbocycles. The van der Waals surface area contributed by atoms with Crippen LogP contribution in [0.4, 0.5) is 18.9 Å². The number of nitrogens with one attached hydrogen (secondary N) is 1. The zero-order chi connectivity index (χ0) is 25.2. The number of aliphatic imine (C=N–C) groups is 1. The number of carboxylic acid groups (broad SMARTS) is 1. The predicted molar refractivity (Wildman–Crippen MR) is 112 cm³/mol. The Hall–Kier alpha value is -3.15. The van der Waals surface area contributed by atoms with Crippen molar-refractivity contribution >= 4 is 29.3 Å². The first-order valence-electron chi connectivity index (χ1n) is 9.60. The Labute approximate surface area is 183 Å². The van der Waals surface area contributed by atoms with Gasteiger partial charge in [-0.1, -0.05) is 20.8 Å². The van der Waals surface area contributed by atoms with E-state index in [0.717, 1.165) is 19.1 Å². The number of ketones is 1. The van der Waals surface area contributed by atoms with Gasteiger partial charge in [0.05, 0.1) is 29.8 Å². The number of guanidine groups is 1. The molecule has 1 rings (SSSR count). The maximum absolute atomic E-state index is 12.5. The molecule has 0 aromatic heterocycles. The number of aliphatic hydroxyl groups is 1. The third-order valence-corrected chi connectivity index (χ3v) is 4.07. The lowest BCUT2D eigenvalue weighted by atomic mass is 9.97. The number of carbonyl (C=O) groups excluding carboxylic acids is 2. The van der Waals surface area contributed by atoms with Crippen molar-refractivity contribution in [1.82, 2.24) is 5.32 Å². The lowest BCUT2D eigenvalue weighted by Crippen LogP contribution is -2.46. The second-order valence-corrected chi connectivity index (χ2v) is 7.22. The summed E-state index contributed by atoms with van der Waals surface area (Å²) in [6, 6.07) is 2.01. The Morgan fingerprint density at radius 3 is 2.09 bits per heavy atom. The number of hydrogen-bond acceptors (Lipinski definition) is 5. The van der Waals surface area contributed by atoms with Crippen LogP contribution in [0.3, 0.4) is 0 Å². The lowest BCUT2D eigenvalue weighted by molar-refractivity contribution is -0.139. The fourth-order valence-corrected chi connectivity index (χ4v) is 2.41. The van der Waals surface area contributed by atoms with Crippen LogP contribution in [0.2, 0.25) is 0 Å². The number of halogens is 3. The van der Waals surface area contributed by atoms with Crippen molar-refractivity contribution in [3.63, 3.8) is 0 Å². The number of aliphatic carboxylic acids is 1. The molecule has 180 valence electrons. The summed E-state index contributed by atoms with van der Waals surface area (Å²) in [6.07, 6.45) is -5.37. The molecule has 0 saturated heterocycles. The Bertz CT molecular complexity index is 837. The zero-order valence-corrected chi connectivity index (χ0v) is 18.2. The molecule has 1 amide bonds. The van der Waals surface area contributed by atoms with E-state index < -0.39 is 35.6 Å². The number of aliphatic hydroxyl groups excluding tert-OH is 1. The molecule has 9 nitrogen and oxygen atoms in total. The Balaban J connectivity index is 0.000000607. The van der Waals surface area contributed by atoms with Gasteiger partial charge in [-0.2, -0.15) is 13.2 Å². The number of carboxylic acids is 1. The van der Waals surface area contributed by atoms with Gasteiger partial charge in [-0.25, -0.2) is 4.99 Å². The average Bonchev–Trinajstić information content (AvgIpc) is 2.65. The minimum absolute atomic E-state index is 0.0912. The highest BCUT2D eigenvalue weighted by atomic mass is 19.4. The summed E-state index contributed by atoms with van der Waals surface area (Å²) in [5.41, 5.74) is 8.97. The van der Waals surface area contributed by atoms with Crippen molar-refractivity contribution in [3.8, 4) is 0 Å². The molecule has 2 unspecified atom stereocenters. The van der Waals surface area contributed by atoms with E-state index in [-0.39, 0.29) is 41.9 Å². The van der Waals surface area contributed by atoms with E-state index in [4.69, 9.17) is 16.6 Å². The molecule has 12 heteroatoms. The summed E-state index contributed by atoms with van der Waals surface area (Å²) in [4.78, 5) is 36.2. The number of Topliss-reactive ketones (excluding diaryl/α,β-unsaturated/α-hetero) is 1. The largest absolute Gasteiger partial charge is 0.481 e. The molecule has 0 aliphatic heterocycles. The summed E-state index contributed by atoms with van der Waals surface area (Å²) in [7, 11) is 0. The minimum Gasteiger partial charge on any atom is -0.481 e. The summed E-state index contributed by atoms with van der Waals surface area (Å²) in [5, 5.41) is 20.8. The molecular weight excluding hydrogens is 433 g/mol. The molecule has 2 atom stereocenters. The van der Waals surface area contributed by atoms with Crippen LogP contribution in [0, 0.1) is 5.92 Å². The highest BCUT2D eigenvalue weighted by molar-refractivity contribution is 5.95. The summed E-state index contributed by atoms with van der Waals surface area (Å²) < 4.78 is 37.6. The highest BCUT2D eigenvalue weighted by Crippen LogP contribution is 2.32. The van der Waals surface area contributed by atoms with Crippen molar-refractivity contribution in [2.24, 2.45) is 22.4 Å². The maximum atomic E-state index is 12.5. The van der Waals surface area contributed by atoms with Gasteiger partial charge in [-0.15, -0.1) is 0 Å². The molecule has 0 aliphatic rings. The quantitative estimate of drug-likeness (QED) is 0.224. The molecule has 0 bridgehead atoms. The first-order valence-corrected chi connectivity index (χ1v) is 9.60. The Morgan fingerprint density at radius 2 is 1.72 bits per heavy atom. The van der Waals surface area contributed by atoms with E-state index in [1.54, 1.807) is 20.8 Å². The van der Waals surface area contributed by atoms with Gasteiger partial charge in [0.25, 0.3) is 0 Å². The first-order chi connectivity index (χ1) is 14.6. The molecule has 0 heterocycles. The number of benzene rings is 1.